The van der Waals surface area contributed by atoms with Crippen molar-refractivity contribution in [2.75, 3.05) is 13.1 Å². The minimum absolute atomic E-state index is 0.174. The zero-order valence-electron chi connectivity index (χ0n) is 12.0. The van der Waals surface area contributed by atoms with Crippen molar-refractivity contribution in [3.8, 4) is 5.75 Å². The first-order chi connectivity index (χ1) is 10.3. The molecule has 0 amide bonds. The number of halogens is 4. The maximum absolute atomic E-state index is 13.7. The predicted octanol–water partition coefficient (Wildman–Crippen LogP) is 3.40. The van der Waals surface area contributed by atoms with Crippen LogP contribution in [0.1, 0.15) is 31.2 Å². The second-order valence-corrected chi connectivity index (χ2v) is 5.50. The van der Waals surface area contributed by atoms with E-state index in [0.29, 0.717) is 18.0 Å². The summed E-state index contributed by atoms with van der Waals surface area (Å²) in [6.07, 6.45) is -2.63. The average Bonchev–Trinajstić information content (AvgIpc) is 3.19. The Bertz CT molecular complexity index is 541. The van der Waals surface area contributed by atoms with Crippen molar-refractivity contribution in [2.24, 2.45) is 5.92 Å². The van der Waals surface area contributed by atoms with Crippen molar-refractivity contribution in [1.29, 1.82) is 0 Å². The quantitative estimate of drug-likeness (QED) is 0.783. The molecule has 0 aromatic heterocycles. The van der Waals surface area contributed by atoms with Gasteiger partial charge >= 0.3 is 6.36 Å². The van der Waals surface area contributed by atoms with Gasteiger partial charge in [-0.1, -0.05) is 6.07 Å². The van der Waals surface area contributed by atoms with Crippen LogP contribution in [0.2, 0.25) is 0 Å². The highest BCUT2D eigenvalue weighted by molar-refractivity contribution is 5.83. The molecule has 7 heteroatoms. The molecule has 0 radical (unpaired) electrons. The molecule has 1 unspecified atom stereocenters. The average molecular weight is 319 g/mol. The fourth-order valence-electron chi connectivity index (χ4n) is 2.19. The lowest BCUT2D eigenvalue weighted by Crippen LogP contribution is -2.27. The fraction of sp³-hybridized carbons (Fsp3) is 0.533. The SMILES string of the molecule is CC(=O)C(CNCC1CC1)c1ccc(OC(F)(F)F)c(F)c1. The molecule has 1 aromatic carbocycles. The van der Waals surface area contributed by atoms with Gasteiger partial charge in [-0.15, -0.1) is 13.2 Å². The van der Waals surface area contributed by atoms with Crippen molar-refractivity contribution in [1.82, 2.24) is 5.32 Å². The Morgan fingerprint density at radius 3 is 2.59 bits per heavy atom. The summed E-state index contributed by atoms with van der Waals surface area (Å²) < 4.78 is 53.6. The van der Waals surface area contributed by atoms with Crippen LogP contribution in [0.5, 0.6) is 5.75 Å². The fourth-order valence-corrected chi connectivity index (χ4v) is 2.19. The normalized spacial score (nSPS) is 16.4. The standard InChI is InChI=1S/C15H17F4NO2/c1-9(21)12(8-20-7-10-2-3-10)11-4-5-14(13(16)6-11)22-15(17,18)19/h4-6,10,12,20H,2-3,7-8H2,1H3. The van der Waals surface area contributed by atoms with Crippen LogP contribution in [0.3, 0.4) is 0 Å². The van der Waals surface area contributed by atoms with E-state index in [1.165, 1.54) is 13.0 Å². The first-order valence-corrected chi connectivity index (χ1v) is 7.02. The number of rotatable bonds is 7. The Balaban J connectivity index is 2.06. The van der Waals surface area contributed by atoms with Crippen LogP contribution >= 0.6 is 0 Å². The van der Waals surface area contributed by atoms with Gasteiger partial charge in [0.1, 0.15) is 5.78 Å². The van der Waals surface area contributed by atoms with Crippen molar-refractivity contribution in [3.05, 3.63) is 29.6 Å². The highest BCUT2D eigenvalue weighted by atomic mass is 19.4. The molecule has 1 saturated carbocycles. The van der Waals surface area contributed by atoms with Crippen LogP contribution in [0.25, 0.3) is 0 Å². The molecule has 1 N–H and O–H groups in total. The lowest BCUT2D eigenvalue weighted by molar-refractivity contribution is -0.275. The van der Waals surface area contributed by atoms with E-state index >= 15 is 0 Å². The van der Waals surface area contributed by atoms with Crippen LogP contribution in [0.15, 0.2) is 18.2 Å². The van der Waals surface area contributed by atoms with Gasteiger partial charge in [0.05, 0.1) is 5.92 Å². The highest BCUT2D eigenvalue weighted by Crippen LogP contribution is 2.29. The van der Waals surface area contributed by atoms with E-state index in [1.54, 1.807) is 0 Å². The molecule has 1 aromatic rings. The molecule has 0 aliphatic heterocycles. The second-order valence-electron chi connectivity index (χ2n) is 5.50. The summed E-state index contributed by atoms with van der Waals surface area (Å²) >= 11 is 0. The van der Waals surface area contributed by atoms with Gasteiger partial charge in [-0.2, -0.15) is 0 Å². The van der Waals surface area contributed by atoms with E-state index in [9.17, 15) is 22.4 Å². The molecular weight excluding hydrogens is 302 g/mol. The molecule has 1 aliphatic rings. The minimum atomic E-state index is -4.95. The number of carbonyl (C=O) groups is 1. The third-order valence-electron chi connectivity index (χ3n) is 3.55. The molecule has 0 bridgehead atoms. The number of Topliss-reactive ketones (excluding diaryl/α,β-unsaturated/α-hetero) is 1. The van der Waals surface area contributed by atoms with E-state index in [1.807, 2.05) is 0 Å². The summed E-state index contributed by atoms with van der Waals surface area (Å²) in [6, 6.07) is 3.11. The molecule has 1 atom stereocenters. The predicted molar refractivity (Wildman–Crippen MR) is 72.1 cm³/mol. The zero-order valence-corrected chi connectivity index (χ0v) is 12.0. The Kier molecular flexibility index (Phi) is 5.05. The van der Waals surface area contributed by atoms with Gasteiger partial charge in [-0.3, -0.25) is 4.79 Å². The largest absolute Gasteiger partial charge is 0.573 e. The van der Waals surface area contributed by atoms with Crippen LogP contribution < -0.4 is 10.1 Å². The highest BCUT2D eigenvalue weighted by Gasteiger charge is 2.32. The summed E-state index contributed by atoms with van der Waals surface area (Å²) in [7, 11) is 0. The number of hydrogen-bond donors (Lipinski definition) is 1. The minimum Gasteiger partial charge on any atom is -0.403 e. The number of benzene rings is 1. The first kappa shape index (κ1) is 16.7. The first-order valence-electron chi connectivity index (χ1n) is 7.02. The maximum atomic E-state index is 13.7. The van der Waals surface area contributed by atoms with Crippen molar-refractivity contribution >= 4 is 5.78 Å². The summed E-state index contributed by atoms with van der Waals surface area (Å²) in [5.41, 5.74) is 0.336. The summed E-state index contributed by atoms with van der Waals surface area (Å²) in [5.74, 6) is -2.17. The summed E-state index contributed by atoms with van der Waals surface area (Å²) in [6.45, 7) is 2.51. The zero-order chi connectivity index (χ0) is 16.3. The van der Waals surface area contributed by atoms with Crippen LogP contribution in [-0.2, 0) is 4.79 Å². The molecule has 1 fully saturated rings. The van der Waals surface area contributed by atoms with Gasteiger partial charge in [-0.05, 0) is 49.9 Å². The number of nitrogens with one attached hydrogen (secondary N) is 1. The van der Waals surface area contributed by atoms with Crippen molar-refractivity contribution in [3.63, 3.8) is 0 Å². The second kappa shape index (κ2) is 6.64. The van der Waals surface area contributed by atoms with Gasteiger partial charge in [0.2, 0.25) is 0 Å². The number of ether oxygens (including phenoxy) is 1. The Labute approximate surface area is 125 Å². The molecule has 1 aliphatic carbocycles. The Morgan fingerprint density at radius 1 is 1.41 bits per heavy atom. The van der Waals surface area contributed by atoms with E-state index in [4.69, 9.17) is 0 Å². The molecule has 0 spiro atoms. The third-order valence-corrected chi connectivity index (χ3v) is 3.55. The lowest BCUT2D eigenvalue weighted by Gasteiger charge is -2.17. The van der Waals surface area contributed by atoms with E-state index in [-0.39, 0.29) is 5.78 Å². The number of alkyl halides is 3. The van der Waals surface area contributed by atoms with Gasteiger partial charge in [0.15, 0.2) is 11.6 Å². The summed E-state index contributed by atoms with van der Waals surface area (Å²) in [4.78, 5) is 11.7. The third kappa shape index (κ3) is 4.98. The summed E-state index contributed by atoms with van der Waals surface area (Å²) in [5, 5.41) is 3.15. The number of carbonyl (C=O) groups excluding carboxylic acids is 1. The molecular formula is C15H17F4NO2. The number of hydrogen-bond acceptors (Lipinski definition) is 3. The van der Waals surface area contributed by atoms with Crippen LogP contribution in [-0.4, -0.2) is 25.2 Å². The van der Waals surface area contributed by atoms with Gasteiger partial charge in [0, 0.05) is 6.54 Å². The number of ketones is 1. The van der Waals surface area contributed by atoms with Crippen LogP contribution in [0, 0.1) is 11.7 Å². The van der Waals surface area contributed by atoms with Gasteiger partial charge in [-0.25, -0.2) is 4.39 Å². The topological polar surface area (TPSA) is 38.3 Å². The molecule has 2 rings (SSSR count). The van der Waals surface area contributed by atoms with Crippen LogP contribution in [0.4, 0.5) is 17.6 Å². The van der Waals surface area contributed by atoms with E-state index in [0.717, 1.165) is 31.5 Å². The molecule has 122 valence electrons. The molecule has 22 heavy (non-hydrogen) atoms. The monoisotopic (exact) mass is 319 g/mol. The van der Waals surface area contributed by atoms with Crippen molar-refractivity contribution < 1.29 is 27.1 Å². The van der Waals surface area contributed by atoms with Gasteiger partial charge in [0.25, 0.3) is 0 Å². The van der Waals surface area contributed by atoms with Gasteiger partial charge < -0.3 is 10.1 Å². The Morgan fingerprint density at radius 2 is 2.09 bits per heavy atom. The molecule has 0 saturated heterocycles. The molecule has 0 heterocycles. The Hall–Kier alpha value is -1.63. The van der Waals surface area contributed by atoms with Crippen molar-refractivity contribution in [2.45, 2.75) is 32.0 Å². The molecule has 3 nitrogen and oxygen atoms in total. The van der Waals surface area contributed by atoms with E-state index in [2.05, 4.69) is 10.1 Å². The lowest BCUT2D eigenvalue weighted by atomic mass is 9.95. The smallest absolute Gasteiger partial charge is 0.403 e. The maximum Gasteiger partial charge on any atom is 0.573 e. The van der Waals surface area contributed by atoms with E-state index < -0.39 is 23.8 Å².